The van der Waals surface area contributed by atoms with Gasteiger partial charge in [0, 0.05) is 22.7 Å². The van der Waals surface area contributed by atoms with Crippen molar-refractivity contribution in [2.45, 2.75) is 83.6 Å². The van der Waals surface area contributed by atoms with E-state index in [1.807, 2.05) is 68.4 Å². The second-order valence-corrected chi connectivity index (χ2v) is 14.4. The molecule has 5 amide bonds. The number of amides is 5. The predicted molar refractivity (Wildman–Crippen MR) is 200 cm³/mol. The summed E-state index contributed by atoms with van der Waals surface area (Å²) in [6.45, 7) is 7.10. The number of carbonyl (C=O) groups is 6. The van der Waals surface area contributed by atoms with Crippen LogP contribution in [0.1, 0.15) is 62.2 Å². The molecule has 51 heavy (non-hydrogen) atoms. The summed E-state index contributed by atoms with van der Waals surface area (Å²) in [5.41, 5.74) is 1.85. The summed E-state index contributed by atoms with van der Waals surface area (Å²) >= 11 is 2.20. The number of nitrogens with zero attached hydrogens (tertiary/aromatic N) is 2. The molecule has 5 atom stereocenters. The molecule has 0 unspecified atom stereocenters. The van der Waals surface area contributed by atoms with Gasteiger partial charge in [-0.05, 0) is 97.0 Å². The monoisotopic (exact) mass is 808 g/mol. The first-order chi connectivity index (χ1) is 24.3. The number of benzene rings is 2. The zero-order valence-corrected chi connectivity index (χ0v) is 31.4. The van der Waals surface area contributed by atoms with Crippen LogP contribution in [0.2, 0.25) is 0 Å². The summed E-state index contributed by atoms with van der Waals surface area (Å²) in [4.78, 5) is 85.0. The Morgan fingerprint density at radius 3 is 1.96 bits per heavy atom. The number of pyridine rings is 1. The molecule has 1 saturated heterocycles. The SMILES string of the molecule is CC(=O)[C@H](Cc1ccc(I)cc1)NC(=O)[C@H](Cc1ccccc1)NC(=O)[C@H](CC(C)C)NC(=O)[C@@H]1CCN1C(=O)[C@H](C)NC(=O)c1ccccn1. The molecule has 1 aliphatic rings. The number of halogens is 1. The highest BCUT2D eigenvalue weighted by atomic mass is 127. The third-order valence-corrected chi connectivity index (χ3v) is 9.36. The highest BCUT2D eigenvalue weighted by Crippen LogP contribution is 2.20. The quantitative estimate of drug-likeness (QED) is 0.162. The van der Waals surface area contributed by atoms with Crippen LogP contribution in [0, 0.1) is 9.49 Å². The first-order valence-corrected chi connectivity index (χ1v) is 18.1. The smallest absolute Gasteiger partial charge is 0.270 e. The van der Waals surface area contributed by atoms with Crippen molar-refractivity contribution in [3.63, 3.8) is 0 Å². The molecule has 13 heteroatoms. The molecule has 0 spiro atoms. The molecule has 12 nitrogen and oxygen atoms in total. The van der Waals surface area contributed by atoms with Crippen LogP contribution in [0.15, 0.2) is 79.0 Å². The molecule has 0 saturated carbocycles. The Morgan fingerprint density at radius 2 is 1.37 bits per heavy atom. The summed E-state index contributed by atoms with van der Waals surface area (Å²) in [5.74, 6) is -2.74. The van der Waals surface area contributed by atoms with E-state index in [9.17, 15) is 28.8 Å². The van der Waals surface area contributed by atoms with Crippen LogP contribution >= 0.6 is 22.6 Å². The van der Waals surface area contributed by atoms with Gasteiger partial charge >= 0.3 is 0 Å². The largest absolute Gasteiger partial charge is 0.344 e. The summed E-state index contributed by atoms with van der Waals surface area (Å²) < 4.78 is 1.05. The van der Waals surface area contributed by atoms with Crippen molar-refractivity contribution in [2.75, 3.05) is 6.54 Å². The van der Waals surface area contributed by atoms with E-state index in [0.717, 1.165) is 14.7 Å². The molecule has 0 radical (unpaired) electrons. The Bertz CT molecular complexity index is 1690. The van der Waals surface area contributed by atoms with E-state index in [1.165, 1.54) is 24.1 Å². The number of hydrogen-bond acceptors (Lipinski definition) is 7. The molecule has 0 bridgehead atoms. The van der Waals surface area contributed by atoms with Gasteiger partial charge in [-0.15, -0.1) is 0 Å². The Morgan fingerprint density at radius 1 is 0.765 bits per heavy atom. The molecule has 270 valence electrons. The van der Waals surface area contributed by atoms with Crippen LogP contribution in [0.25, 0.3) is 0 Å². The van der Waals surface area contributed by atoms with Gasteiger partial charge in [0.15, 0.2) is 5.78 Å². The van der Waals surface area contributed by atoms with Crippen molar-refractivity contribution in [2.24, 2.45) is 5.92 Å². The number of carbonyl (C=O) groups excluding carboxylic acids is 6. The first kappa shape index (κ1) is 39.1. The number of nitrogens with one attached hydrogen (secondary N) is 4. The van der Waals surface area contributed by atoms with Crippen molar-refractivity contribution < 1.29 is 28.8 Å². The zero-order chi connectivity index (χ0) is 37.1. The third-order valence-electron chi connectivity index (χ3n) is 8.64. The molecule has 3 aromatic rings. The molecule has 1 aromatic heterocycles. The normalized spacial score (nSPS) is 16.1. The van der Waals surface area contributed by atoms with Gasteiger partial charge in [-0.25, -0.2) is 0 Å². The number of ketones is 1. The second kappa shape index (κ2) is 18.5. The highest BCUT2D eigenvalue weighted by molar-refractivity contribution is 14.1. The molecular formula is C38H45IN6O6. The number of aromatic nitrogens is 1. The summed E-state index contributed by atoms with van der Waals surface area (Å²) in [7, 11) is 0. The standard InChI is InChI=1S/C38H45IN6O6/c1-23(2)20-31(44-37(50)33-17-19-45(33)38(51)24(3)41-34(47)29-12-8-9-18-40-29)35(48)43-32(22-26-10-6-5-7-11-26)36(49)42-30(25(4)46)21-27-13-15-28(39)16-14-27/h5-16,18,23-24,30-33H,17,19-22H2,1-4H3,(H,41,47)(H,42,49)(H,43,48)(H,44,50)/t24-,30-,31-,32-,33-/m0/s1. The van der Waals surface area contributed by atoms with Gasteiger partial charge in [-0.3, -0.25) is 33.8 Å². The summed E-state index contributed by atoms with van der Waals surface area (Å²) in [6.07, 6.45) is 2.59. The van der Waals surface area contributed by atoms with Crippen molar-refractivity contribution in [1.29, 1.82) is 0 Å². The molecule has 0 aliphatic carbocycles. The first-order valence-electron chi connectivity index (χ1n) is 17.0. The van der Waals surface area contributed by atoms with Crippen LogP contribution in [-0.2, 0) is 36.8 Å². The Labute approximate surface area is 312 Å². The zero-order valence-electron chi connectivity index (χ0n) is 29.2. The second-order valence-electron chi connectivity index (χ2n) is 13.2. The van der Waals surface area contributed by atoms with Gasteiger partial charge in [0.25, 0.3) is 5.91 Å². The van der Waals surface area contributed by atoms with Crippen molar-refractivity contribution in [3.05, 3.63) is 99.4 Å². The molecule has 4 rings (SSSR count). The average Bonchev–Trinajstić information content (AvgIpc) is 3.08. The van der Waals surface area contributed by atoms with Gasteiger partial charge in [-0.2, -0.15) is 0 Å². The third kappa shape index (κ3) is 11.4. The van der Waals surface area contributed by atoms with Crippen LogP contribution < -0.4 is 21.3 Å². The lowest BCUT2D eigenvalue weighted by Gasteiger charge is -2.41. The Balaban J connectivity index is 1.44. The van der Waals surface area contributed by atoms with Crippen molar-refractivity contribution in [1.82, 2.24) is 31.2 Å². The maximum atomic E-state index is 13.9. The molecule has 1 aliphatic heterocycles. The topological polar surface area (TPSA) is 167 Å². The van der Waals surface area contributed by atoms with Crippen LogP contribution in [0.5, 0.6) is 0 Å². The van der Waals surface area contributed by atoms with Crippen LogP contribution in [0.4, 0.5) is 0 Å². The molecule has 2 aromatic carbocycles. The predicted octanol–water partition coefficient (Wildman–Crippen LogP) is 2.98. The van der Waals surface area contributed by atoms with E-state index in [2.05, 4.69) is 48.8 Å². The fourth-order valence-corrected chi connectivity index (χ4v) is 6.09. The van der Waals surface area contributed by atoms with E-state index in [-0.39, 0.29) is 36.7 Å². The van der Waals surface area contributed by atoms with E-state index < -0.39 is 59.7 Å². The van der Waals surface area contributed by atoms with E-state index in [4.69, 9.17) is 0 Å². The van der Waals surface area contributed by atoms with E-state index in [0.29, 0.717) is 13.0 Å². The van der Waals surface area contributed by atoms with Crippen molar-refractivity contribution in [3.8, 4) is 0 Å². The van der Waals surface area contributed by atoms with Gasteiger partial charge in [0.1, 0.15) is 29.9 Å². The minimum atomic E-state index is -1.05. The Hall–Kier alpha value is -4.66. The van der Waals surface area contributed by atoms with E-state index >= 15 is 0 Å². The Kier molecular flexibility index (Phi) is 14.2. The number of rotatable bonds is 16. The lowest BCUT2D eigenvalue weighted by molar-refractivity contribution is -0.149. The molecule has 4 N–H and O–H groups in total. The van der Waals surface area contributed by atoms with Crippen LogP contribution in [-0.4, -0.2) is 82.0 Å². The van der Waals surface area contributed by atoms with Crippen LogP contribution in [0.3, 0.4) is 0 Å². The number of likely N-dealkylation sites (tertiary alicyclic amines) is 1. The fourth-order valence-electron chi connectivity index (χ4n) is 5.73. The molecule has 1 fully saturated rings. The minimum Gasteiger partial charge on any atom is -0.344 e. The molecular weight excluding hydrogens is 763 g/mol. The number of hydrogen-bond donors (Lipinski definition) is 4. The van der Waals surface area contributed by atoms with E-state index in [1.54, 1.807) is 19.1 Å². The summed E-state index contributed by atoms with van der Waals surface area (Å²) in [5, 5.41) is 11.1. The number of Topliss-reactive ketones (excluding diaryl/α,β-unsaturated/α-hetero) is 1. The lowest BCUT2D eigenvalue weighted by atomic mass is 9.97. The average molecular weight is 809 g/mol. The summed E-state index contributed by atoms with van der Waals surface area (Å²) in [6, 6.07) is 17.2. The van der Waals surface area contributed by atoms with Gasteiger partial charge in [0.2, 0.25) is 23.6 Å². The maximum absolute atomic E-state index is 13.9. The molecule has 2 heterocycles. The lowest BCUT2D eigenvalue weighted by Crippen LogP contribution is -2.64. The van der Waals surface area contributed by atoms with Gasteiger partial charge < -0.3 is 26.2 Å². The maximum Gasteiger partial charge on any atom is 0.270 e. The highest BCUT2D eigenvalue weighted by Gasteiger charge is 2.41. The fraction of sp³-hybridized carbons (Fsp3) is 0.395. The van der Waals surface area contributed by atoms with Gasteiger partial charge in [-0.1, -0.05) is 62.4 Å². The van der Waals surface area contributed by atoms with Gasteiger partial charge in [0.05, 0.1) is 6.04 Å². The van der Waals surface area contributed by atoms with Crippen molar-refractivity contribution >= 4 is 57.9 Å². The minimum absolute atomic E-state index is 0.000525.